The Hall–Kier alpha value is -0.790. The van der Waals surface area contributed by atoms with Crippen LogP contribution in [0.4, 0.5) is 0 Å². The maximum absolute atomic E-state index is 7.26. The molecule has 0 radical (unpaired) electrons. The molecule has 94 valence electrons. The van der Waals surface area contributed by atoms with Gasteiger partial charge in [-0.1, -0.05) is 11.8 Å². The molecule has 0 unspecified atom stereocenters. The smallest absolute Gasteiger partial charge is 0.214 e. The highest BCUT2D eigenvalue weighted by molar-refractivity contribution is 8.14. The van der Waals surface area contributed by atoms with Crippen molar-refractivity contribution in [2.24, 2.45) is 16.6 Å². The van der Waals surface area contributed by atoms with Gasteiger partial charge in [-0.25, -0.2) is 0 Å². The summed E-state index contributed by atoms with van der Waals surface area (Å²) in [5.74, 6) is 1.31. The van der Waals surface area contributed by atoms with Gasteiger partial charge in [0.05, 0.1) is 19.3 Å². The van der Waals surface area contributed by atoms with E-state index < -0.39 is 0 Å². The van der Waals surface area contributed by atoms with Gasteiger partial charge in [0, 0.05) is 18.2 Å². The minimum Gasteiger partial charge on any atom is -0.368 e. The number of nitrogens with two attached hydrogens (primary N) is 1. The molecule has 0 aliphatic carbocycles. The topological polar surface area (TPSA) is 83.9 Å². The number of nitrogens with one attached hydrogen (secondary N) is 1. The molecule has 0 spiro atoms. The minimum absolute atomic E-state index is 0.0378. The molecule has 3 aliphatic rings. The first-order valence-corrected chi connectivity index (χ1v) is 6.79. The zero-order chi connectivity index (χ0) is 11.8. The molecular weight excluding hydrogens is 240 g/mol. The van der Waals surface area contributed by atoms with Crippen LogP contribution in [0, 0.1) is 11.3 Å². The molecule has 3 rings (SSSR count). The summed E-state index contributed by atoms with van der Waals surface area (Å²) in [5, 5.41) is 8.12. The molecule has 3 heterocycles. The van der Waals surface area contributed by atoms with Crippen molar-refractivity contribution < 1.29 is 9.47 Å². The molecule has 7 heteroatoms. The summed E-state index contributed by atoms with van der Waals surface area (Å²) in [6, 6.07) is 0.329. The highest BCUT2D eigenvalue weighted by Crippen LogP contribution is 2.36. The van der Waals surface area contributed by atoms with E-state index in [0.717, 1.165) is 30.5 Å². The van der Waals surface area contributed by atoms with E-state index >= 15 is 0 Å². The van der Waals surface area contributed by atoms with E-state index in [9.17, 15) is 0 Å². The van der Waals surface area contributed by atoms with E-state index in [1.165, 1.54) is 0 Å². The second kappa shape index (κ2) is 4.47. The van der Waals surface area contributed by atoms with Gasteiger partial charge in [0.15, 0.2) is 11.5 Å². The first-order chi connectivity index (χ1) is 8.25. The molecule has 3 fully saturated rings. The van der Waals surface area contributed by atoms with Crippen LogP contribution in [0.2, 0.25) is 0 Å². The fourth-order valence-electron chi connectivity index (χ4n) is 2.68. The fourth-order valence-corrected chi connectivity index (χ4v) is 3.71. The van der Waals surface area contributed by atoms with Crippen LogP contribution in [0.1, 0.15) is 6.42 Å². The summed E-state index contributed by atoms with van der Waals surface area (Å²) in [6.45, 7) is 2.42. The Labute approximate surface area is 104 Å². The van der Waals surface area contributed by atoms with Crippen LogP contribution in [0.3, 0.4) is 0 Å². The zero-order valence-electron chi connectivity index (χ0n) is 9.46. The van der Waals surface area contributed by atoms with Gasteiger partial charge in [-0.05, 0) is 6.42 Å². The molecule has 0 aromatic heterocycles. The number of guanidine groups is 1. The van der Waals surface area contributed by atoms with E-state index in [2.05, 4.69) is 9.89 Å². The molecule has 0 amide bonds. The second-order valence-electron chi connectivity index (χ2n) is 4.41. The lowest BCUT2D eigenvalue weighted by Crippen LogP contribution is -2.41. The van der Waals surface area contributed by atoms with Crippen LogP contribution in [0.5, 0.6) is 0 Å². The van der Waals surface area contributed by atoms with Gasteiger partial charge in [0.2, 0.25) is 5.96 Å². The molecule has 6 nitrogen and oxygen atoms in total. The molecule has 17 heavy (non-hydrogen) atoms. The number of rotatable bonds is 1. The van der Waals surface area contributed by atoms with Gasteiger partial charge in [-0.15, -0.1) is 0 Å². The molecule has 3 atom stereocenters. The van der Waals surface area contributed by atoms with Gasteiger partial charge < -0.3 is 20.1 Å². The number of hydrogen-bond acceptors (Lipinski definition) is 4. The maximum atomic E-state index is 7.26. The monoisotopic (exact) mass is 256 g/mol. The van der Waals surface area contributed by atoms with Crippen LogP contribution >= 0.6 is 11.8 Å². The van der Waals surface area contributed by atoms with Crippen molar-refractivity contribution >= 4 is 22.9 Å². The number of ether oxygens (including phenoxy) is 2. The van der Waals surface area contributed by atoms with Crippen molar-refractivity contribution in [1.82, 2.24) is 4.90 Å². The summed E-state index contributed by atoms with van der Waals surface area (Å²) in [5.41, 5.74) is 5.34. The van der Waals surface area contributed by atoms with Crippen LogP contribution in [-0.2, 0) is 9.47 Å². The summed E-state index contributed by atoms with van der Waals surface area (Å²) < 4.78 is 11.2. The predicted octanol–water partition coefficient (Wildman–Crippen LogP) is 0.0461. The van der Waals surface area contributed by atoms with Crippen LogP contribution in [0.15, 0.2) is 4.99 Å². The largest absolute Gasteiger partial charge is 0.368 e. The third kappa shape index (κ3) is 2.02. The average molecular weight is 256 g/mol. The van der Waals surface area contributed by atoms with Gasteiger partial charge >= 0.3 is 0 Å². The van der Waals surface area contributed by atoms with E-state index in [4.69, 9.17) is 20.6 Å². The second-order valence-corrected chi connectivity index (χ2v) is 5.48. The Kier molecular flexibility index (Phi) is 2.97. The molecule has 0 bridgehead atoms. The Balaban J connectivity index is 1.77. The Morgan fingerprint density at radius 3 is 3.24 bits per heavy atom. The highest BCUT2D eigenvalue weighted by atomic mass is 32.2. The Bertz CT molecular complexity index is 362. The minimum atomic E-state index is -0.127. The zero-order valence-corrected chi connectivity index (χ0v) is 10.3. The van der Waals surface area contributed by atoms with Crippen molar-refractivity contribution in [2.75, 3.05) is 25.5 Å². The van der Waals surface area contributed by atoms with Crippen molar-refractivity contribution in [3.63, 3.8) is 0 Å². The Morgan fingerprint density at radius 1 is 1.53 bits per heavy atom. The number of amidine groups is 1. The van der Waals surface area contributed by atoms with Gasteiger partial charge in [0.1, 0.15) is 0 Å². The molecule has 3 aliphatic heterocycles. The summed E-state index contributed by atoms with van der Waals surface area (Å²) >= 11 is 1.66. The fraction of sp³-hybridized carbons (Fsp3) is 0.800. The summed E-state index contributed by atoms with van der Waals surface area (Å²) in [4.78, 5) is 6.31. The van der Waals surface area contributed by atoms with Crippen LogP contribution in [-0.4, -0.2) is 53.9 Å². The molecule has 0 aromatic rings. The first-order valence-electron chi connectivity index (χ1n) is 5.81. The Morgan fingerprint density at radius 2 is 2.41 bits per heavy atom. The predicted molar refractivity (Wildman–Crippen MR) is 66.1 cm³/mol. The highest BCUT2D eigenvalue weighted by Gasteiger charge is 2.46. The average Bonchev–Trinajstić information content (AvgIpc) is 2.90. The lowest BCUT2D eigenvalue weighted by Gasteiger charge is -2.27. The van der Waals surface area contributed by atoms with E-state index in [1.54, 1.807) is 11.8 Å². The number of fused-ring (bicyclic) bond motifs is 1. The maximum Gasteiger partial charge on any atom is 0.214 e. The van der Waals surface area contributed by atoms with Crippen molar-refractivity contribution in [3.05, 3.63) is 0 Å². The van der Waals surface area contributed by atoms with Crippen LogP contribution < -0.4 is 5.73 Å². The number of hydrogen-bond donors (Lipinski definition) is 2. The standard InChI is InChI=1S/C10H16N4O2S/c11-9(12)13-10-14(2-4-17-10)7-5-16-8-6(7)1-3-15-8/h6-8H,1-5H2,(H3,11,12)/t6-,7+,8+/m0/s1. The molecule has 3 N–H and O–H groups in total. The van der Waals surface area contributed by atoms with E-state index in [1.807, 2.05) is 0 Å². The van der Waals surface area contributed by atoms with Gasteiger partial charge in [-0.2, -0.15) is 4.99 Å². The van der Waals surface area contributed by atoms with E-state index in [-0.39, 0.29) is 12.2 Å². The lowest BCUT2D eigenvalue weighted by molar-refractivity contribution is -0.0905. The first kappa shape index (κ1) is 11.3. The van der Waals surface area contributed by atoms with Gasteiger partial charge in [0.25, 0.3) is 0 Å². The number of nitrogens with zero attached hydrogens (tertiary/aromatic N) is 2. The third-order valence-electron chi connectivity index (χ3n) is 3.43. The third-order valence-corrected chi connectivity index (χ3v) is 4.40. The summed E-state index contributed by atoms with van der Waals surface area (Å²) in [6.07, 6.45) is 1.01. The molecule has 0 aromatic carbocycles. The summed E-state index contributed by atoms with van der Waals surface area (Å²) in [7, 11) is 0. The number of aliphatic imine (C=N–C) groups is 1. The molecule has 0 saturated carbocycles. The van der Waals surface area contributed by atoms with Crippen molar-refractivity contribution in [3.8, 4) is 0 Å². The lowest BCUT2D eigenvalue weighted by atomic mass is 9.99. The SMILES string of the molecule is N=C(N)N=C1SCCN1[C@@H]1CO[C@H]2OCC[C@H]21. The van der Waals surface area contributed by atoms with E-state index in [0.29, 0.717) is 18.6 Å². The van der Waals surface area contributed by atoms with Crippen molar-refractivity contribution in [2.45, 2.75) is 18.8 Å². The normalized spacial score (nSPS) is 38.9. The van der Waals surface area contributed by atoms with Crippen LogP contribution in [0.25, 0.3) is 0 Å². The molecular formula is C10H16N4O2S. The van der Waals surface area contributed by atoms with Gasteiger partial charge in [-0.3, -0.25) is 5.41 Å². The number of thioether (sulfide) groups is 1. The quantitative estimate of drug-likeness (QED) is 0.511. The molecule has 3 saturated heterocycles. The van der Waals surface area contributed by atoms with Crippen molar-refractivity contribution in [1.29, 1.82) is 5.41 Å².